The van der Waals surface area contributed by atoms with Crippen LogP contribution in [0.1, 0.15) is 12.7 Å². The molecule has 1 aliphatic rings. The Hall–Kier alpha value is -2.09. The van der Waals surface area contributed by atoms with E-state index in [0.717, 1.165) is 0 Å². The third kappa shape index (κ3) is 3.94. The Kier molecular flexibility index (Phi) is 4.79. The van der Waals surface area contributed by atoms with Gasteiger partial charge < -0.3 is 14.5 Å². The molecule has 112 valence electrons. The highest BCUT2D eigenvalue weighted by Gasteiger charge is 2.26. The molecular formula is C13H14N2O5S. The summed E-state index contributed by atoms with van der Waals surface area (Å²) in [5.74, 6) is 0.624. The molecule has 1 unspecified atom stereocenters. The molecule has 1 aromatic rings. The number of rotatable bonds is 5. The second kappa shape index (κ2) is 6.57. The van der Waals surface area contributed by atoms with Crippen molar-refractivity contribution in [2.45, 2.75) is 19.5 Å². The second-order valence-corrected chi connectivity index (χ2v) is 5.33. The minimum absolute atomic E-state index is 0.0529. The van der Waals surface area contributed by atoms with Crippen molar-refractivity contribution >= 4 is 28.5 Å². The summed E-state index contributed by atoms with van der Waals surface area (Å²) in [6, 6.07) is 2.14. The number of thioether (sulfide) groups is 1. The molecule has 1 amide bonds. The number of aliphatic imine (C=N–C) groups is 1. The van der Waals surface area contributed by atoms with Crippen LogP contribution in [0.4, 0.5) is 0 Å². The average molecular weight is 310 g/mol. The van der Waals surface area contributed by atoms with Crippen LogP contribution in [0.25, 0.3) is 0 Å². The summed E-state index contributed by atoms with van der Waals surface area (Å²) in [6.07, 6.45) is 0. The van der Waals surface area contributed by atoms with E-state index in [1.165, 1.54) is 37.9 Å². The highest BCUT2D eigenvalue weighted by Crippen LogP contribution is 2.19. The fourth-order valence-corrected chi connectivity index (χ4v) is 2.65. The van der Waals surface area contributed by atoms with Gasteiger partial charge in [-0.1, -0.05) is 0 Å². The first kappa shape index (κ1) is 15.3. The molecule has 1 N–H and O–H groups in total. The van der Waals surface area contributed by atoms with E-state index >= 15 is 0 Å². The normalized spacial score (nSPS) is 17.2. The van der Waals surface area contributed by atoms with E-state index in [1.807, 2.05) is 0 Å². The maximum absolute atomic E-state index is 11.9. The van der Waals surface area contributed by atoms with Crippen molar-refractivity contribution in [3.63, 3.8) is 0 Å². The van der Waals surface area contributed by atoms with Crippen LogP contribution < -0.4 is 15.7 Å². The molecule has 0 aliphatic carbocycles. The highest BCUT2D eigenvalue weighted by atomic mass is 32.2. The van der Waals surface area contributed by atoms with E-state index < -0.39 is 11.7 Å². The van der Waals surface area contributed by atoms with Crippen molar-refractivity contribution in [3.05, 3.63) is 28.3 Å². The molecule has 21 heavy (non-hydrogen) atoms. The molecule has 0 spiro atoms. The number of nitrogens with one attached hydrogen (secondary N) is 1. The molecule has 0 aromatic carbocycles. The molecule has 2 rings (SSSR count). The molecule has 1 aromatic heterocycles. The fraction of sp³-hybridized carbons (Fsp3) is 0.385. The predicted octanol–water partition coefficient (Wildman–Crippen LogP) is 0.367. The van der Waals surface area contributed by atoms with Gasteiger partial charge in [-0.15, -0.1) is 11.8 Å². The van der Waals surface area contributed by atoms with Crippen LogP contribution in [0, 0.1) is 0 Å². The van der Waals surface area contributed by atoms with Crippen LogP contribution in [-0.2, 0) is 16.1 Å². The van der Waals surface area contributed by atoms with E-state index in [1.54, 1.807) is 0 Å². The topological polar surface area (TPSA) is 98.0 Å². The monoisotopic (exact) mass is 310 g/mol. The summed E-state index contributed by atoms with van der Waals surface area (Å²) in [7, 11) is 1.44. The Bertz CT molecular complexity index is 652. The van der Waals surface area contributed by atoms with Crippen molar-refractivity contribution in [1.82, 2.24) is 5.32 Å². The van der Waals surface area contributed by atoms with Gasteiger partial charge in [0.2, 0.25) is 5.91 Å². The summed E-state index contributed by atoms with van der Waals surface area (Å²) in [5.41, 5.74) is -0.549. The fourth-order valence-electron chi connectivity index (χ4n) is 1.70. The number of ketones is 1. The van der Waals surface area contributed by atoms with Gasteiger partial charge in [0.1, 0.15) is 22.6 Å². The molecule has 0 bridgehead atoms. The zero-order valence-corrected chi connectivity index (χ0v) is 12.4. The molecule has 1 atom stereocenters. The summed E-state index contributed by atoms with van der Waals surface area (Å²) < 4.78 is 9.89. The SMILES string of the molecule is COc1cc(CNC(=O)C2CSC(C(C)=O)=N2)oc(=O)c1. The lowest BCUT2D eigenvalue weighted by Crippen LogP contribution is -2.33. The number of carbonyl (C=O) groups is 2. The van der Waals surface area contributed by atoms with Gasteiger partial charge in [-0.2, -0.15) is 0 Å². The summed E-state index contributed by atoms with van der Waals surface area (Å²) in [6.45, 7) is 1.47. The van der Waals surface area contributed by atoms with Crippen molar-refractivity contribution in [1.29, 1.82) is 0 Å². The van der Waals surface area contributed by atoms with Crippen LogP contribution in [0.2, 0.25) is 0 Å². The Morgan fingerprint density at radius 2 is 2.29 bits per heavy atom. The number of amides is 1. The molecule has 7 nitrogen and oxygen atoms in total. The number of methoxy groups -OCH3 is 1. The van der Waals surface area contributed by atoms with Crippen LogP contribution in [-0.4, -0.2) is 35.6 Å². The van der Waals surface area contributed by atoms with E-state index in [9.17, 15) is 14.4 Å². The van der Waals surface area contributed by atoms with Crippen LogP contribution in [0.15, 0.2) is 26.3 Å². The maximum Gasteiger partial charge on any atom is 0.339 e. The van der Waals surface area contributed by atoms with Gasteiger partial charge in [0.05, 0.1) is 19.7 Å². The van der Waals surface area contributed by atoms with E-state index in [-0.39, 0.29) is 24.0 Å². The van der Waals surface area contributed by atoms with Gasteiger partial charge in [0.25, 0.3) is 0 Å². The molecular weight excluding hydrogens is 296 g/mol. The Morgan fingerprint density at radius 1 is 1.52 bits per heavy atom. The first-order chi connectivity index (χ1) is 9.99. The summed E-state index contributed by atoms with van der Waals surface area (Å²) in [5, 5.41) is 2.98. The van der Waals surface area contributed by atoms with Crippen LogP contribution >= 0.6 is 11.8 Å². The molecule has 1 aliphatic heterocycles. The number of ether oxygens (including phenoxy) is 1. The van der Waals surface area contributed by atoms with Crippen molar-refractivity contribution in [2.24, 2.45) is 4.99 Å². The summed E-state index contributed by atoms with van der Waals surface area (Å²) in [4.78, 5) is 38.4. The minimum atomic E-state index is -0.591. The largest absolute Gasteiger partial charge is 0.496 e. The van der Waals surface area contributed by atoms with Gasteiger partial charge in [-0.25, -0.2) is 4.79 Å². The van der Waals surface area contributed by atoms with Gasteiger partial charge >= 0.3 is 5.63 Å². The lowest BCUT2D eigenvalue weighted by molar-refractivity contribution is -0.122. The predicted molar refractivity (Wildman–Crippen MR) is 77.7 cm³/mol. The van der Waals surface area contributed by atoms with Crippen LogP contribution in [0.3, 0.4) is 0 Å². The number of hydrogen-bond acceptors (Lipinski definition) is 7. The lowest BCUT2D eigenvalue weighted by atomic mass is 10.3. The number of carbonyl (C=O) groups excluding carboxylic acids is 2. The second-order valence-electron chi connectivity index (χ2n) is 4.32. The third-order valence-corrected chi connectivity index (χ3v) is 3.87. The van der Waals surface area contributed by atoms with Crippen LogP contribution in [0.5, 0.6) is 5.75 Å². The summed E-state index contributed by atoms with van der Waals surface area (Å²) >= 11 is 1.26. The van der Waals surface area contributed by atoms with E-state index in [4.69, 9.17) is 9.15 Å². The molecule has 0 fully saturated rings. The van der Waals surface area contributed by atoms with E-state index in [0.29, 0.717) is 16.5 Å². The highest BCUT2D eigenvalue weighted by molar-refractivity contribution is 8.16. The van der Waals surface area contributed by atoms with Gasteiger partial charge in [-0.05, 0) is 0 Å². The van der Waals surface area contributed by atoms with E-state index in [2.05, 4.69) is 10.3 Å². The average Bonchev–Trinajstić information content (AvgIpc) is 2.94. The molecule has 0 saturated heterocycles. The molecule has 0 radical (unpaired) electrons. The smallest absolute Gasteiger partial charge is 0.339 e. The zero-order valence-electron chi connectivity index (χ0n) is 11.5. The van der Waals surface area contributed by atoms with Crippen molar-refractivity contribution < 1.29 is 18.7 Å². The molecule has 2 heterocycles. The van der Waals surface area contributed by atoms with Crippen molar-refractivity contribution in [2.75, 3.05) is 12.9 Å². The first-order valence-corrected chi connectivity index (χ1v) is 7.15. The maximum atomic E-state index is 11.9. The Balaban J connectivity index is 1.97. The van der Waals surface area contributed by atoms with Gasteiger partial charge in [0, 0.05) is 18.7 Å². The molecule has 0 saturated carbocycles. The number of Topliss-reactive ketones (excluding diaryl/α,β-unsaturated/α-hetero) is 1. The first-order valence-electron chi connectivity index (χ1n) is 6.17. The van der Waals surface area contributed by atoms with Gasteiger partial charge in [0.15, 0.2) is 5.78 Å². The van der Waals surface area contributed by atoms with Crippen molar-refractivity contribution in [3.8, 4) is 5.75 Å². The Labute approximate surface area is 124 Å². The third-order valence-electron chi connectivity index (χ3n) is 2.72. The molecule has 8 heteroatoms. The minimum Gasteiger partial charge on any atom is -0.496 e. The van der Waals surface area contributed by atoms with Gasteiger partial charge in [-0.3, -0.25) is 14.6 Å². The lowest BCUT2D eigenvalue weighted by Gasteiger charge is -2.08. The number of hydrogen-bond donors (Lipinski definition) is 1. The zero-order chi connectivity index (χ0) is 15.4. The number of nitrogens with zero attached hydrogens (tertiary/aromatic N) is 1. The quantitative estimate of drug-likeness (QED) is 0.843. The Morgan fingerprint density at radius 3 is 2.90 bits per heavy atom. The standard InChI is InChI=1S/C13H14N2O5S/c1-7(16)13-15-10(6-21-13)12(18)14-5-9-3-8(19-2)4-11(17)20-9/h3-4,10H,5-6H2,1-2H3,(H,14,18).